The Kier molecular flexibility index (Phi) is 3.73. The second-order valence-corrected chi connectivity index (χ2v) is 4.88. The summed E-state index contributed by atoms with van der Waals surface area (Å²) in [6.45, 7) is 8.37. The van der Waals surface area contributed by atoms with Crippen molar-refractivity contribution in [2.24, 2.45) is 5.73 Å². The predicted octanol–water partition coefficient (Wildman–Crippen LogP) is 0.276. The van der Waals surface area contributed by atoms with Crippen molar-refractivity contribution < 1.29 is 4.79 Å². The Morgan fingerprint density at radius 2 is 2.13 bits per heavy atom. The topological polar surface area (TPSA) is 49.6 Å². The van der Waals surface area contributed by atoms with Crippen molar-refractivity contribution >= 4 is 5.91 Å². The zero-order valence-electron chi connectivity index (χ0n) is 10.3. The molecule has 0 aliphatic carbocycles. The minimum atomic E-state index is -0.147. The minimum absolute atomic E-state index is 0.0516. The normalized spacial score (nSPS) is 27.9. The van der Waals surface area contributed by atoms with Crippen LogP contribution < -0.4 is 5.73 Å². The molecular weight excluding hydrogens is 190 g/mol. The maximum atomic E-state index is 12.2. The third-order valence-electron chi connectivity index (χ3n) is 3.43. The fourth-order valence-electron chi connectivity index (χ4n) is 2.27. The number of hydrogen-bond acceptors (Lipinski definition) is 3. The van der Waals surface area contributed by atoms with Gasteiger partial charge in [0.15, 0.2) is 0 Å². The monoisotopic (exact) mass is 213 g/mol. The molecule has 0 aromatic carbocycles. The second-order valence-electron chi connectivity index (χ2n) is 4.88. The summed E-state index contributed by atoms with van der Waals surface area (Å²) >= 11 is 0. The summed E-state index contributed by atoms with van der Waals surface area (Å²) in [6.07, 6.45) is 1.000. The van der Waals surface area contributed by atoms with Crippen molar-refractivity contribution in [3.8, 4) is 0 Å². The smallest absolute Gasteiger partial charge is 0.241 e. The SMILES string of the molecule is CCN1C(=O)C(CN)N(C)CCC1(C)C. The molecule has 4 nitrogen and oxygen atoms in total. The van der Waals surface area contributed by atoms with Crippen LogP contribution in [0, 0.1) is 0 Å². The molecule has 0 aromatic rings. The highest BCUT2D eigenvalue weighted by Crippen LogP contribution is 2.24. The Hall–Kier alpha value is -0.610. The van der Waals surface area contributed by atoms with Gasteiger partial charge in [0.25, 0.3) is 0 Å². The molecule has 1 atom stereocenters. The molecule has 1 aliphatic heterocycles. The van der Waals surface area contributed by atoms with Crippen molar-refractivity contribution in [3.63, 3.8) is 0 Å². The Bertz CT molecular complexity index is 240. The van der Waals surface area contributed by atoms with Crippen molar-refractivity contribution in [2.45, 2.75) is 38.8 Å². The van der Waals surface area contributed by atoms with Crippen molar-refractivity contribution in [2.75, 3.05) is 26.7 Å². The summed E-state index contributed by atoms with van der Waals surface area (Å²) in [5.41, 5.74) is 5.62. The van der Waals surface area contributed by atoms with Crippen molar-refractivity contribution in [1.29, 1.82) is 0 Å². The zero-order chi connectivity index (χ0) is 11.6. The maximum Gasteiger partial charge on any atom is 0.241 e. The zero-order valence-corrected chi connectivity index (χ0v) is 10.3. The van der Waals surface area contributed by atoms with E-state index in [1.54, 1.807) is 0 Å². The van der Waals surface area contributed by atoms with Gasteiger partial charge in [0, 0.05) is 25.2 Å². The van der Waals surface area contributed by atoms with E-state index in [2.05, 4.69) is 18.7 Å². The molecule has 0 bridgehead atoms. The molecule has 1 fully saturated rings. The number of amides is 1. The number of hydrogen-bond donors (Lipinski definition) is 1. The minimum Gasteiger partial charge on any atom is -0.336 e. The Labute approximate surface area is 92.4 Å². The molecule has 2 N–H and O–H groups in total. The van der Waals surface area contributed by atoms with Gasteiger partial charge in [-0.2, -0.15) is 0 Å². The van der Waals surface area contributed by atoms with Gasteiger partial charge >= 0.3 is 0 Å². The molecule has 88 valence electrons. The largest absolute Gasteiger partial charge is 0.336 e. The molecule has 1 saturated heterocycles. The van der Waals surface area contributed by atoms with Gasteiger partial charge in [0.05, 0.1) is 0 Å². The van der Waals surface area contributed by atoms with E-state index >= 15 is 0 Å². The first-order valence-corrected chi connectivity index (χ1v) is 5.66. The van der Waals surface area contributed by atoms with Crippen LogP contribution in [0.3, 0.4) is 0 Å². The van der Waals surface area contributed by atoms with Crippen LogP contribution in [0.25, 0.3) is 0 Å². The Balaban J connectivity index is 2.96. The number of carbonyl (C=O) groups excluding carboxylic acids is 1. The van der Waals surface area contributed by atoms with Crippen molar-refractivity contribution in [3.05, 3.63) is 0 Å². The average molecular weight is 213 g/mol. The van der Waals surface area contributed by atoms with Crippen LogP contribution in [-0.2, 0) is 4.79 Å². The Morgan fingerprint density at radius 1 is 1.53 bits per heavy atom. The first-order chi connectivity index (χ1) is 6.94. The highest BCUT2D eigenvalue weighted by atomic mass is 16.2. The lowest BCUT2D eigenvalue weighted by atomic mass is 9.98. The highest BCUT2D eigenvalue weighted by Gasteiger charge is 2.38. The molecule has 0 aromatic heterocycles. The van der Waals surface area contributed by atoms with Gasteiger partial charge in [0.1, 0.15) is 6.04 Å². The van der Waals surface area contributed by atoms with Crippen LogP contribution in [0.1, 0.15) is 27.2 Å². The quantitative estimate of drug-likeness (QED) is 0.716. The number of likely N-dealkylation sites (N-methyl/N-ethyl adjacent to an activating group) is 2. The van der Waals surface area contributed by atoms with E-state index in [1.807, 2.05) is 18.9 Å². The first-order valence-electron chi connectivity index (χ1n) is 5.66. The summed E-state index contributed by atoms with van der Waals surface area (Å²) in [4.78, 5) is 16.3. The van der Waals surface area contributed by atoms with Gasteiger partial charge in [0.2, 0.25) is 5.91 Å². The van der Waals surface area contributed by atoms with Gasteiger partial charge in [-0.25, -0.2) is 0 Å². The standard InChI is InChI=1S/C11H23N3O/c1-5-14-10(15)9(8-12)13(4)7-6-11(14,2)3/h9H,5-8,12H2,1-4H3. The van der Waals surface area contributed by atoms with E-state index in [0.29, 0.717) is 6.54 Å². The molecular formula is C11H23N3O. The van der Waals surface area contributed by atoms with Gasteiger partial charge in [-0.15, -0.1) is 0 Å². The number of nitrogens with two attached hydrogens (primary N) is 1. The Morgan fingerprint density at radius 3 is 2.60 bits per heavy atom. The highest BCUT2D eigenvalue weighted by molar-refractivity contribution is 5.83. The van der Waals surface area contributed by atoms with Gasteiger partial charge in [-0.3, -0.25) is 9.69 Å². The third kappa shape index (κ3) is 2.32. The van der Waals surface area contributed by atoms with E-state index in [1.165, 1.54) is 0 Å². The van der Waals surface area contributed by atoms with E-state index in [-0.39, 0.29) is 17.5 Å². The molecule has 0 saturated carbocycles. The second kappa shape index (κ2) is 4.49. The first kappa shape index (κ1) is 12.5. The predicted molar refractivity (Wildman–Crippen MR) is 61.6 cm³/mol. The summed E-state index contributed by atoms with van der Waals surface area (Å²) in [6, 6.07) is -0.147. The molecule has 15 heavy (non-hydrogen) atoms. The molecule has 4 heteroatoms. The van der Waals surface area contributed by atoms with Gasteiger partial charge in [-0.1, -0.05) is 0 Å². The summed E-state index contributed by atoms with van der Waals surface area (Å²) < 4.78 is 0. The summed E-state index contributed by atoms with van der Waals surface area (Å²) in [5, 5.41) is 0. The molecule has 1 unspecified atom stereocenters. The van der Waals surface area contributed by atoms with Crippen molar-refractivity contribution in [1.82, 2.24) is 9.80 Å². The lowest BCUT2D eigenvalue weighted by molar-refractivity contribution is -0.138. The molecule has 1 rings (SSSR count). The molecule has 1 heterocycles. The van der Waals surface area contributed by atoms with E-state index in [0.717, 1.165) is 19.5 Å². The molecule has 1 aliphatic rings. The van der Waals surface area contributed by atoms with Gasteiger partial charge in [-0.05, 0) is 34.2 Å². The van der Waals surface area contributed by atoms with Crippen LogP contribution in [0.4, 0.5) is 0 Å². The fraction of sp³-hybridized carbons (Fsp3) is 0.909. The summed E-state index contributed by atoms with van der Waals surface area (Å²) in [7, 11) is 1.98. The fourth-order valence-corrected chi connectivity index (χ4v) is 2.27. The third-order valence-corrected chi connectivity index (χ3v) is 3.43. The molecule has 0 radical (unpaired) electrons. The molecule has 1 amide bonds. The lowest BCUT2D eigenvalue weighted by Crippen LogP contribution is -2.53. The van der Waals surface area contributed by atoms with Crippen LogP contribution in [-0.4, -0.2) is 54.0 Å². The summed E-state index contributed by atoms with van der Waals surface area (Å²) in [5.74, 6) is 0.171. The van der Waals surface area contributed by atoms with Crippen LogP contribution in [0.2, 0.25) is 0 Å². The number of rotatable bonds is 2. The number of carbonyl (C=O) groups is 1. The molecule has 0 spiro atoms. The lowest BCUT2D eigenvalue weighted by Gasteiger charge is -2.37. The van der Waals surface area contributed by atoms with Crippen LogP contribution in [0.5, 0.6) is 0 Å². The van der Waals surface area contributed by atoms with E-state index in [4.69, 9.17) is 5.73 Å². The van der Waals surface area contributed by atoms with Gasteiger partial charge < -0.3 is 10.6 Å². The van der Waals surface area contributed by atoms with E-state index in [9.17, 15) is 4.79 Å². The average Bonchev–Trinajstić information content (AvgIpc) is 2.23. The maximum absolute atomic E-state index is 12.2. The van der Waals surface area contributed by atoms with Crippen LogP contribution in [0.15, 0.2) is 0 Å². The van der Waals surface area contributed by atoms with E-state index < -0.39 is 0 Å². The number of nitrogens with zero attached hydrogens (tertiary/aromatic N) is 2. The van der Waals surface area contributed by atoms with Crippen LogP contribution >= 0.6 is 0 Å².